The lowest BCUT2D eigenvalue weighted by Crippen LogP contribution is -2.46. The predicted molar refractivity (Wildman–Crippen MR) is 110 cm³/mol. The van der Waals surface area contributed by atoms with E-state index in [1.165, 1.54) is 6.42 Å². The SMILES string of the molecule is N#CCNC(=O)CC(NC(=O)Nc1ccc2ccccc2c1)C1CCCCC1. The van der Waals surface area contributed by atoms with Crippen LogP contribution in [0.2, 0.25) is 0 Å². The molecule has 1 aliphatic carbocycles. The molecule has 1 saturated carbocycles. The largest absolute Gasteiger partial charge is 0.343 e. The van der Waals surface area contributed by atoms with Crippen LogP contribution in [-0.2, 0) is 4.79 Å². The number of rotatable bonds is 6. The van der Waals surface area contributed by atoms with E-state index in [1.54, 1.807) is 0 Å². The number of benzene rings is 2. The maximum Gasteiger partial charge on any atom is 0.319 e. The molecule has 1 atom stereocenters. The Morgan fingerprint density at radius 1 is 1.07 bits per heavy atom. The zero-order valence-electron chi connectivity index (χ0n) is 15.9. The molecule has 6 heteroatoms. The van der Waals surface area contributed by atoms with Crippen molar-refractivity contribution in [3.63, 3.8) is 0 Å². The van der Waals surface area contributed by atoms with Crippen molar-refractivity contribution >= 4 is 28.4 Å². The molecule has 2 aromatic carbocycles. The fourth-order valence-corrected chi connectivity index (χ4v) is 3.88. The quantitative estimate of drug-likeness (QED) is 0.665. The van der Waals surface area contributed by atoms with Gasteiger partial charge in [0.25, 0.3) is 0 Å². The highest BCUT2D eigenvalue weighted by Gasteiger charge is 2.27. The minimum atomic E-state index is -0.307. The molecule has 1 unspecified atom stereocenters. The number of nitrogens with one attached hydrogen (secondary N) is 3. The van der Waals surface area contributed by atoms with Crippen molar-refractivity contribution in [3.8, 4) is 6.07 Å². The molecule has 28 heavy (non-hydrogen) atoms. The number of fused-ring (bicyclic) bond motifs is 1. The maximum absolute atomic E-state index is 12.6. The predicted octanol–water partition coefficient (Wildman–Crippen LogP) is 3.94. The third-order valence-electron chi connectivity index (χ3n) is 5.31. The van der Waals surface area contributed by atoms with Crippen LogP contribution in [0, 0.1) is 17.2 Å². The molecular weight excluding hydrogens is 352 g/mol. The number of carbonyl (C=O) groups is 2. The van der Waals surface area contributed by atoms with Gasteiger partial charge in [-0.2, -0.15) is 5.26 Å². The van der Waals surface area contributed by atoms with Gasteiger partial charge < -0.3 is 16.0 Å². The first-order chi connectivity index (χ1) is 13.7. The van der Waals surface area contributed by atoms with Crippen molar-refractivity contribution < 1.29 is 9.59 Å². The maximum atomic E-state index is 12.6. The standard InChI is InChI=1S/C22H26N4O2/c23-12-13-24-21(27)15-20(17-7-2-1-3-8-17)26-22(28)25-19-11-10-16-6-4-5-9-18(16)14-19/h4-6,9-11,14,17,20H,1-3,7-8,13,15H2,(H,24,27)(H2,25,26,28). The summed E-state index contributed by atoms with van der Waals surface area (Å²) in [5, 5.41) is 19.3. The molecular formula is C22H26N4O2. The molecule has 1 fully saturated rings. The van der Waals surface area contributed by atoms with Gasteiger partial charge in [-0.25, -0.2) is 4.79 Å². The van der Waals surface area contributed by atoms with Gasteiger partial charge in [-0.15, -0.1) is 0 Å². The van der Waals surface area contributed by atoms with Crippen LogP contribution >= 0.6 is 0 Å². The monoisotopic (exact) mass is 378 g/mol. The van der Waals surface area contributed by atoms with Gasteiger partial charge >= 0.3 is 6.03 Å². The molecule has 3 rings (SSSR count). The average Bonchev–Trinajstić information content (AvgIpc) is 2.72. The Kier molecular flexibility index (Phi) is 6.85. The van der Waals surface area contributed by atoms with Crippen molar-refractivity contribution in [2.24, 2.45) is 5.92 Å². The van der Waals surface area contributed by atoms with Gasteiger partial charge in [0, 0.05) is 18.2 Å². The summed E-state index contributed by atoms with van der Waals surface area (Å²) < 4.78 is 0. The number of hydrogen-bond donors (Lipinski definition) is 3. The zero-order chi connectivity index (χ0) is 19.8. The van der Waals surface area contributed by atoms with Gasteiger partial charge in [0.2, 0.25) is 5.91 Å². The number of anilines is 1. The molecule has 3 N–H and O–H groups in total. The van der Waals surface area contributed by atoms with Gasteiger partial charge in [-0.3, -0.25) is 4.79 Å². The molecule has 2 aromatic rings. The molecule has 0 aliphatic heterocycles. The summed E-state index contributed by atoms with van der Waals surface area (Å²) in [7, 11) is 0. The molecule has 0 heterocycles. The number of hydrogen-bond acceptors (Lipinski definition) is 3. The summed E-state index contributed by atoms with van der Waals surface area (Å²) in [5.74, 6) is 0.0760. The van der Waals surface area contributed by atoms with Crippen LogP contribution in [0.5, 0.6) is 0 Å². The summed E-state index contributed by atoms with van der Waals surface area (Å²) in [5.41, 5.74) is 0.715. The zero-order valence-corrected chi connectivity index (χ0v) is 15.9. The fraction of sp³-hybridized carbons (Fsp3) is 0.409. The van der Waals surface area contributed by atoms with Gasteiger partial charge in [0.15, 0.2) is 0 Å². The van der Waals surface area contributed by atoms with E-state index >= 15 is 0 Å². The van der Waals surface area contributed by atoms with Crippen LogP contribution in [0.25, 0.3) is 10.8 Å². The Morgan fingerprint density at radius 3 is 2.57 bits per heavy atom. The number of carbonyl (C=O) groups excluding carboxylic acids is 2. The molecule has 0 aromatic heterocycles. The van der Waals surface area contributed by atoms with E-state index in [4.69, 9.17) is 5.26 Å². The van der Waals surface area contributed by atoms with Crippen molar-refractivity contribution in [3.05, 3.63) is 42.5 Å². The van der Waals surface area contributed by atoms with E-state index in [0.717, 1.165) is 36.5 Å². The molecule has 0 radical (unpaired) electrons. The Labute approximate surface area is 165 Å². The summed E-state index contributed by atoms with van der Waals surface area (Å²) in [6, 6.07) is 15.1. The average molecular weight is 378 g/mol. The Bertz CT molecular complexity index is 868. The molecule has 1 aliphatic rings. The van der Waals surface area contributed by atoms with Crippen LogP contribution in [0.1, 0.15) is 38.5 Å². The molecule has 146 valence electrons. The highest BCUT2D eigenvalue weighted by atomic mass is 16.2. The van der Waals surface area contributed by atoms with Gasteiger partial charge in [-0.1, -0.05) is 49.6 Å². The first-order valence-corrected chi connectivity index (χ1v) is 9.85. The fourth-order valence-electron chi connectivity index (χ4n) is 3.88. The Balaban J connectivity index is 1.64. The van der Waals surface area contributed by atoms with Crippen LogP contribution in [0.15, 0.2) is 42.5 Å². The Morgan fingerprint density at radius 2 is 1.82 bits per heavy atom. The van der Waals surface area contributed by atoms with Crippen molar-refractivity contribution in [2.75, 3.05) is 11.9 Å². The molecule has 0 saturated heterocycles. The minimum absolute atomic E-state index is 0.0144. The first-order valence-electron chi connectivity index (χ1n) is 9.85. The lowest BCUT2D eigenvalue weighted by Gasteiger charge is -2.30. The molecule has 0 spiro atoms. The number of amides is 3. The molecule has 0 bridgehead atoms. The molecule has 3 amide bonds. The van der Waals surface area contributed by atoms with Crippen molar-refractivity contribution in [1.82, 2.24) is 10.6 Å². The summed E-state index contributed by atoms with van der Waals surface area (Å²) in [6.45, 7) is -0.0144. The smallest absolute Gasteiger partial charge is 0.319 e. The lowest BCUT2D eigenvalue weighted by atomic mass is 9.82. The second-order valence-corrected chi connectivity index (χ2v) is 7.30. The normalized spacial score (nSPS) is 15.4. The second kappa shape index (κ2) is 9.75. The minimum Gasteiger partial charge on any atom is -0.343 e. The highest BCUT2D eigenvalue weighted by molar-refractivity contribution is 5.93. The van der Waals surface area contributed by atoms with E-state index in [2.05, 4.69) is 16.0 Å². The van der Waals surface area contributed by atoms with Crippen LogP contribution < -0.4 is 16.0 Å². The first kappa shape index (κ1) is 19.7. The molecule has 6 nitrogen and oxygen atoms in total. The Hall–Kier alpha value is -3.07. The second-order valence-electron chi connectivity index (χ2n) is 7.30. The van der Waals surface area contributed by atoms with Gasteiger partial charge in [-0.05, 0) is 41.7 Å². The van der Waals surface area contributed by atoms with Crippen LogP contribution in [-0.4, -0.2) is 24.5 Å². The number of nitrogens with zero attached hydrogens (tertiary/aromatic N) is 1. The topological polar surface area (TPSA) is 94.0 Å². The summed E-state index contributed by atoms with van der Waals surface area (Å²) in [6.07, 6.45) is 5.65. The van der Waals surface area contributed by atoms with Crippen LogP contribution in [0.3, 0.4) is 0 Å². The van der Waals surface area contributed by atoms with Gasteiger partial charge in [0.05, 0.1) is 6.07 Å². The van der Waals surface area contributed by atoms with Crippen LogP contribution in [0.4, 0.5) is 10.5 Å². The lowest BCUT2D eigenvalue weighted by molar-refractivity contribution is -0.121. The number of nitriles is 1. The van der Waals surface area contributed by atoms with E-state index in [1.807, 2.05) is 48.5 Å². The highest BCUT2D eigenvalue weighted by Crippen LogP contribution is 2.28. The van der Waals surface area contributed by atoms with E-state index in [0.29, 0.717) is 5.69 Å². The summed E-state index contributed by atoms with van der Waals surface area (Å²) in [4.78, 5) is 24.7. The third kappa shape index (κ3) is 5.46. The third-order valence-corrected chi connectivity index (χ3v) is 5.31. The van der Waals surface area contributed by atoms with Gasteiger partial charge in [0.1, 0.15) is 6.54 Å². The van der Waals surface area contributed by atoms with Crippen molar-refractivity contribution in [1.29, 1.82) is 5.26 Å². The van der Waals surface area contributed by atoms with E-state index in [9.17, 15) is 9.59 Å². The van der Waals surface area contributed by atoms with Crippen molar-refractivity contribution in [2.45, 2.75) is 44.6 Å². The number of urea groups is 1. The van der Waals surface area contributed by atoms with E-state index in [-0.39, 0.29) is 36.9 Å². The summed E-state index contributed by atoms with van der Waals surface area (Å²) >= 11 is 0. The van der Waals surface area contributed by atoms with E-state index < -0.39 is 0 Å².